The van der Waals surface area contributed by atoms with Gasteiger partial charge < -0.3 is 4.98 Å². The van der Waals surface area contributed by atoms with Gasteiger partial charge in [0, 0.05) is 15.5 Å². The molecule has 3 fully saturated rings. The van der Waals surface area contributed by atoms with Gasteiger partial charge in [-0.1, -0.05) is 25.2 Å². The zero-order chi connectivity index (χ0) is 20.2. The summed E-state index contributed by atoms with van der Waals surface area (Å²) in [5, 5.41) is 1.15. The van der Waals surface area contributed by atoms with E-state index in [-0.39, 0.29) is 56.9 Å². The molecule has 8 heteroatoms. The molecule has 1 aromatic carbocycles. The van der Waals surface area contributed by atoms with Gasteiger partial charge in [0.2, 0.25) is 11.8 Å². The fourth-order valence-electron chi connectivity index (χ4n) is 6.50. The highest BCUT2D eigenvalue weighted by molar-refractivity contribution is 8.00. The number of thioether (sulfide) groups is 1. The number of halogens is 1. The van der Waals surface area contributed by atoms with E-state index in [9.17, 15) is 18.8 Å². The highest BCUT2D eigenvalue weighted by atomic mass is 32.2. The lowest BCUT2D eigenvalue weighted by atomic mass is 9.64. The number of rotatable bonds is 1. The molecule has 2 aliphatic carbocycles. The number of carbonyl (C=O) groups excluding carboxylic acids is 2. The van der Waals surface area contributed by atoms with Gasteiger partial charge in [-0.3, -0.25) is 19.3 Å². The van der Waals surface area contributed by atoms with Crippen molar-refractivity contribution in [1.82, 2.24) is 4.98 Å². The predicted molar refractivity (Wildman–Crippen MR) is 109 cm³/mol. The molecule has 4 aliphatic rings. The third-order valence-electron chi connectivity index (χ3n) is 7.48. The maximum absolute atomic E-state index is 13.4. The molecule has 2 amide bonds. The Morgan fingerprint density at radius 1 is 1.07 bits per heavy atom. The number of fused-ring (bicyclic) bond motifs is 9. The molecule has 150 valence electrons. The van der Waals surface area contributed by atoms with Crippen molar-refractivity contribution >= 4 is 40.6 Å². The largest absolute Gasteiger partial charge is 0.307 e. The number of amides is 2. The summed E-state index contributed by atoms with van der Waals surface area (Å²) < 4.78 is 13.3. The Bertz CT molecular complexity index is 1120. The summed E-state index contributed by atoms with van der Waals surface area (Å²) in [5.41, 5.74) is 0.236. The average Bonchev–Trinajstić information content (AvgIpc) is 3.38. The summed E-state index contributed by atoms with van der Waals surface area (Å²) in [6, 6.07) is 5.57. The average molecular weight is 431 g/mol. The lowest BCUT2D eigenvalue weighted by Gasteiger charge is -2.47. The molecule has 29 heavy (non-hydrogen) atoms. The highest BCUT2D eigenvalue weighted by Gasteiger charge is 2.70. The quantitative estimate of drug-likeness (QED) is 0.704. The number of hydrogen-bond acceptors (Lipinski definition) is 5. The van der Waals surface area contributed by atoms with Gasteiger partial charge in [0.05, 0.1) is 22.5 Å². The summed E-state index contributed by atoms with van der Waals surface area (Å²) in [4.78, 5) is 43.9. The molecule has 0 unspecified atom stereocenters. The maximum Gasteiger partial charge on any atom is 0.305 e. The number of benzene rings is 1. The lowest BCUT2D eigenvalue weighted by molar-refractivity contribution is -0.123. The molecular weight excluding hydrogens is 411 g/mol. The van der Waals surface area contributed by atoms with Gasteiger partial charge in [0.1, 0.15) is 5.82 Å². The second kappa shape index (κ2) is 5.60. The molecule has 3 heterocycles. The first-order chi connectivity index (χ1) is 13.8. The van der Waals surface area contributed by atoms with Gasteiger partial charge in [0.25, 0.3) is 0 Å². The second-order valence-corrected chi connectivity index (χ2v) is 11.3. The van der Waals surface area contributed by atoms with Crippen LogP contribution in [0.15, 0.2) is 34.1 Å². The monoisotopic (exact) mass is 430 g/mol. The van der Waals surface area contributed by atoms with Gasteiger partial charge >= 0.3 is 4.87 Å². The van der Waals surface area contributed by atoms with E-state index in [1.54, 1.807) is 11.8 Å². The van der Waals surface area contributed by atoms with Crippen molar-refractivity contribution < 1.29 is 14.0 Å². The van der Waals surface area contributed by atoms with Gasteiger partial charge in [0.15, 0.2) is 0 Å². The SMILES string of the molecule is CC1(C)c2sc(=O)[nH]c2S[C@H]2[C@H]3C[C@@H]([C@H]4C(=O)N(c5ccc(F)cc5)C(=O)[C@H]34)[C@@H]21. The van der Waals surface area contributed by atoms with Crippen molar-refractivity contribution in [3.63, 3.8) is 0 Å². The Morgan fingerprint density at radius 2 is 1.72 bits per heavy atom. The summed E-state index contributed by atoms with van der Waals surface area (Å²) in [6.45, 7) is 4.34. The van der Waals surface area contributed by atoms with E-state index in [1.165, 1.54) is 40.5 Å². The number of anilines is 1. The minimum absolute atomic E-state index is 0.0438. The van der Waals surface area contributed by atoms with Crippen molar-refractivity contribution in [3.8, 4) is 0 Å². The van der Waals surface area contributed by atoms with Crippen LogP contribution in [0.4, 0.5) is 10.1 Å². The van der Waals surface area contributed by atoms with Crippen molar-refractivity contribution in [2.75, 3.05) is 4.90 Å². The summed E-state index contributed by atoms with van der Waals surface area (Å²) in [6.07, 6.45) is 0.884. The molecule has 2 bridgehead atoms. The minimum Gasteiger partial charge on any atom is -0.307 e. The van der Waals surface area contributed by atoms with Crippen LogP contribution >= 0.6 is 23.1 Å². The normalized spacial score (nSPS) is 36.3. The Kier molecular flexibility index (Phi) is 3.46. The third-order valence-corrected chi connectivity index (χ3v) is 10.3. The van der Waals surface area contributed by atoms with E-state index in [1.807, 2.05) is 0 Å². The van der Waals surface area contributed by atoms with E-state index in [0.29, 0.717) is 5.69 Å². The second-order valence-electron chi connectivity index (χ2n) is 9.11. The number of thiazole rings is 1. The predicted octanol–water partition coefficient (Wildman–Crippen LogP) is 3.40. The van der Waals surface area contributed by atoms with E-state index in [0.717, 1.165) is 16.3 Å². The molecule has 0 radical (unpaired) electrons. The Hall–Kier alpha value is -1.93. The van der Waals surface area contributed by atoms with Crippen LogP contribution < -0.4 is 9.77 Å². The van der Waals surface area contributed by atoms with Gasteiger partial charge in [-0.05, 0) is 48.4 Å². The van der Waals surface area contributed by atoms with Crippen molar-refractivity contribution in [2.24, 2.45) is 29.6 Å². The molecule has 1 N–H and O–H groups in total. The van der Waals surface area contributed by atoms with E-state index < -0.39 is 5.82 Å². The third kappa shape index (κ3) is 2.14. The number of aromatic amines is 1. The topological polar surface area (TPSA) is 70.2 Å². The minimum atomic E-state index is -0.391. The fraction of sp³-hybridized carbons (Fsp3) is 0.476. The summed E-state index contributed by atoms with van der Waals surface area (Å²) in [7, 11) is 0. The number of carbonyl (C=O) groups is 2. The molecule has 6 rings (SSSR count). The van der Waals surface area contributed by atoms with Crippen LogP contribution in [0.1, 0.15) is 25.1 Å². The smallest absolute Gasteiger partial charge is 0.305 e. The lowest BCUT2D eigenvalue weighted by Crippen LogP contribution is -2.48. The van der Waals surface area contributed by atoms with Crippen molar-refractivity contribution in [2.45, 2.75) is 36.0 Å². The molecule has 1 saturated heterocycles. The molecule has 2 aromatic rings. The first-order valence-electron chi connectivity index (χ1n) is 9.82. The fourth-order valence-corrected chi connectivity index (χ4v) is 9.65. The van der Waals surface area contributed by atoms with E-state index >= 15 is 0 Å². The summed E-state index contributed by atoms with van der Waals surface area (Å²) in [5.74, 6) is -0.806. The first kappa shape index (κ1) is 17.9. The van der Waals surface area contributed by atoms with Gasteiger partial charge in [-0.2, -0.15) is 0 Å². The number of nitrogens with zero attached hydrogens (tertiary/aromatic N) is 1. The Morgan fingerprint density at radius 3 is 2.41 bits per heavy atom. The zero-order valence-corrected chi connectivity index (χ0v) is 17.5. The number of hydrogen-bond donors (Lipinski definition) is 1. The molecule has 5 nitrogen and oxygen atoms in total. The molecule has 1 aromatic heterocycles. The first-order valence-corrected chi connectivity index (χ1v) is 11.5. The van der Waals surface area contributed by atoms with Crippen LogP contribution in [0.5, 0.6) is 0 Å². The molecule has 2 aliphatic heterocycles. The van der Waals surface area contributed by atoms with Crippen molar-refractivity contribution in [1.29, 1.82) is 0 Å². The molecule has 0 spiro atoms. The molecule has 6 atom stereocenters. The van der Waals surface area contributed by atoms with Crippen LogP contribution in [0, 0.1) is 35.4 Å². The Balaban J connectivity index is 1.42. The zero-order valence-electron chi connectivity index (χ0n) is 15.8. The van der Waals surface area contributed by atoms with Crippen LogP contribution in [0.3, 0.4) is 0 Å². The maximum atomic E-state index is 13.4. The number of H-pyrrole nitrogens is 1. The van der Waals surface area contributed by atoms with Crippen LogP contribution in [0.2, 0.25) is 0 Å². The molecule has 2 saturated carbocycles. The summed E-state index contributed by atoms with van der Waals surface area (Å²) >= 11 is 2.96. The van der Waals surface area contributed by atoms with Gasteiger partial charge in [-0.15, -0.1) is 11.8 Å². The highest BCUT2D eigenvalue weighted by Crippen LogP contribution is 2.69. The van der Waals surface area contributed by atoms with Crippen LogP contribution in [-0.2, 0) is 15.0 Å². The number of nitrogens with one attached hydrogen (secondary N) is 1. The van der Waals surface area contributed by atoms with E-state index in [2.05, 4.69) is 18.8 Å². The van der Waals surface area contributed by atoms with Crippen LogP contribution in [0.25, 0.3) is 0 Å². The molecular formula is C21H19FN2O3S2. The number of aromatic nitrogens is 1. The standard InChI is InChI=1S/C21H19FN2O3S2/c1-21(2)14-10-7-11(15(14)28-17-16(21)29-20(27)23-17)13-12(10)18(25)24(19(13)26)9-5-3-8(22)4-6-9/h3-6,10-15H,7H2,1-2H3,(H,23,27)/t10-,11-,12+,13+,14-,15-/m0/s1. The van der Waals surface area contributed by atoms with Gasteiger partial charge in [-0.25, -0.2) is 4.39 Å². The Labute approximate surface area is 174 Å². The van der Waals surface area contributed by atoms with Crippen LogP contribution in [-0.4, -0.2) is 22.0 Å². The number of imide groups is 1. The van der Waals surface area contributed by atoms with E-state index in [4.69, 9.17) is 0 Å². The van der Waals surface area contributed by atoms with Crippen molar-refractivity contribution in [3.05, 3.63) is 44.6 Å².